The predicted octanol–water partition coefficient (Wildman–Crippen LogP) is 2.91. The Balaban J connectivity index is 1.53. The molecule has 0 bridgehead atoms. The Labute approximate surface area is 144 Å². The molecule has 0 atom stereocenters. The fourth-order valence-corrected chi connectivity index (χ4v) is 2.26. The minimum atomic E-state index is 0.304. The number of hydrazine groups is 1. The van der Waals surface area contributed by atoms with Crippen molar-refractivity contribution in [3.8, 4) is 5.75 Å². The second kappa shape index (κ2) is 7.42. The zero-order valence-electron chi connectivity index (χ0n) is 12.9. The summed E-state index contributed by atoms with van der Waals surface area (Å²) in [6.07, 6.45) is 1.44. The molecule has 0 amide bonds. The van der Waals surface area contributed by atoms with Crippen LogP contribution in [0.4, 0.5) is 11.6 Å². The number of aromatic nitrogens is 2. The summed E-state index contributed by atoms with van der Waals surface area (Å²) in [7, 11) is 1.60. The van der Waals surface area contributed by atoms with Crippen molar-refractivity contribution in [1.82, 2.24) is 15.4 Å². The first-order valence-electron chi connectivity index (χ1n) is 7.19. The molecule has 0 saturated carbocycles. The van der Waals surface area contributed by atoms with Crippen LogP contribution in [0.2, 0.25) is 0 Å². The lowest BCUT2D eigenvalue weighted by atomic mass is 10.3. The molecule has 122 valence electrons. The molecular formula is C16H16N6OS. The van der Waals surface area contributed by atoms with Crippen LogP contribution < -0.4 is 20.9 Å². The van der Waals surface area contributed by atoms with Gasteiger partial charge >= 0.3 is 0 Å². The quantitative estimate of drug-likeness (QED) is 0.247. The van der Waals surface area contributed by atoms with Crippen molar-refractivity contribution in [2.24, 2.45) is 4.99 Å². The third-order valence-electron chi connectivity index (χ3n) is 3.17. The molecule has 0 saturated heterocycles. The fraction of sp³-hybridized carbons (Fsp3) is 0.0625. The summed E-state index contributed by atoms with van der Waals surface area (Å²) in [6, 6.07) is 15.2. The van der Waals surface area contributed by atoms with Crippen LogP contribution in [0.1, 0.15) is 0 Å². The van der Waals surface area contributed by atoms with Crippen LogP contribution in [-0.2, 0) is 0 Å². The van der Waals surface area contributed by atoms with Crippen molar-refractivity contribution < 1.29 is 4.74 Å². The zero-order valence-corrected chi connectivity index (χ0v) is 13.7. The van der Waals surface area contributed by atoms with E-state index in [0.717, 1.165) is 16.7 Å². The first kappa shape index (κ1) is 15.8. The van der Waals surface area contributed by atoms with Gasteiger partial charge in [0.1, 0.15) is 12.1 Å². The average molecular weight is 340 g/mol. The van der Waals surface area contributed by atoms with E-state index >= 15 is 0 Å². The molecule has 1 heterocycles. The number of H-pyrrole nitrogens is 1. The number of thiocarbonyl (C=S) groups is 1. The molecule has 8 heteroatoms. The van der Waals surface area contributed by atoms with Gasteiger partial charge in [0.05, 0.1) is 23.8 Å². The highest BCUT2D eigenvalue weighted by atomic mass is 32.1. The monoisotopic (exact) mass is 340 g/mol. The normalized spacial score (nSPS) is 10.7. The number of benzene rings is 2. The van der Waals surface area contributed by atoms with Crippen LogP contribution in [0.5, 0.6) is 5.75 Å². The number of hydrogen-bond donors (Lipinski definition) is 4. The Morgan fingerprint density at radius 1 is 1.21 bits per heavy atom. The lowest BCUT2D eigenvalue weighted by molar-refractivity contribution is 0.417. The summed E-state index contributed by atoms with van der Waals surface area (Å²) in [5, 5.41) is 3.30. The highest BCUT2D eigenvalue weighted by Gasteiger charge is 2.02. The Bertz CT molecular complexity index is 843. The van der Waals surface area contributed by atoms with Crippen LogP contribution in [0.25, 0.3) is 11.0 Å². The molecule has 4 N–H and O–H groups in total. The maximum absolute atomic E-state index is 5.24. The van der Waals surface area contributed by atoms with Crippen molar-refractivity contribution in [2.45, 2.75) is 0 Å². The van der Waals surface area contributed by atoms with Gasteiger partial charge in [-0.2, -0.15) is 0 Å². The summed E-state index contributed by atoms with van der Waals surface area (Å²) >= 11 is 5.17. The van der Waals surface area contributed by atoms with E-state index in [2.05, 4.69) is 31.1 Å². The van der Waals surface area contributed by atoms with Crippen LogP contribution >= 0.6 is 12.2 Å². The molecule has 3 rings (SSSR count). The van der Waals surface area contributed by atoms with Crippen LogP contribution in [0.3, 0.4) is 0 Å². The SMILES string of the molecule is COc1ccccc1NC(=S)/N=C/NNc1nc2ccccc2[nH]1. The smallest absolute Gasteiger partial charge is 0.220 e. The fourth-order valence-electron chi connectivity index (χ4n) is 2.10. The van der Waals surface area contributed by atoms with Gasteiger partial charge in [0.2, 0.25) is 5.95 Å². The van der Waals surface area contributed by atoms with Crippen LogP contribution in [-0.4, -0.2) is 28.5 Å². The van der Waals surface area contributed by atoms with E-state index in [1.54, 1.807) is 7.11 Å². The zero-order chi connectivity index (χ0) is 16.8. The van der Waals surface area contributed by atoms with E-state index in [-0.39, 0.29) is 0 Å². The molecule has 3 aromatic rings. The van der Waals surface area contributed by atoms with Gasteiger partial charge in [-0.3, -0.25) is 10.9 Å². The number of aromatic amines is 1. The van der Waals surface area contributed by atoms with Crippen LogP contribution in [0.15, 0.2) is 53.5 Å². The Kier molecular flexibility index (Phi) is 4.87. The maximum Gasteiger partial charge on any atom is 0.220 e. The van der Waals surface area contributed by atoms with E-state index in [9.17, 15) is 0 Å². The molecule has 0 fully saturated rings. The molecule has 0 radical (unpaired) electrons. The third-order valence-corrected chi connectivity index (χ3v) is 3.38. The minimum absolute atomic E-state index is 0.304. The number of anilines is 2. The van der Waals surface area contributed by atoms with Crippen LogP contribution in [0, 0.1) is 0 Å². The summed E-state index contributed by atoms with van der Waals surface area (Å²) in [4.78, 5) is 11.6. The molecule has 0 aliphatic heterocycles. The van der Waals surface area contributed by atoms with Crippen molar-refractivity contribution in [1.29, 1.82) is 0 Å². The number of ether oxygens (including phenoxy) is 1. The lowest BCUT2D eigenvalue weighted by Crippen LogP contribution is -2.21. The van der Waals surface area contributed by atoms with Crippen molar-refractivity contribution in [3.63, 3.8) is 0 Å². The Hall–Kier alpha value is -3.13. The van der Waals surface area contributed by atoms with Gasteiger partial charge in [-0.1, -0.05) is 24.3 Å². The summed E-state index contributed by atoms with van der Waals surface area (Å²) in [5.41, 5.74) is 8.30. The molecule has 0 spiro atoms. The molecule has 1 aromatic heterocycles. The Morgan fingerprint density at radius 3 is 2.83 bits per heavy atom. The van der Waals surface area contributed by atoms with Gasteiger partial charge in [-0.05, 0) is 36.5 Å². The van der Waals surface area contributed by atoms with E-state index < -0.39 is 0 Å². The summed E-state index contributed by atoms with van der Waals surface area (Å²) < 4.78 is 5.24. The van der Waals surface area contributed by atoms with E-state index in [4.69, 9.17) is 17.0 Å². The highest BCUT2D eigenvalue weighted by molar-refractivity contribution is 7.80. The predicted molar refractivity (Wildman–Crippen MR) is 101 cm³/mol. The summed E-state index contributed by atoms with van der Waals surface area (Å²) in [5.74, 6) is 1.29. The number of para-hydroxylation sites is 4. The average Bonchev–Trinajstić information content (AvgIpc) is 3.02. The molecule has 0 aliphatic carbocycles. The largest absolute Gasteiger partial charge is 0.495 e. The number of methoxy groups -OCH3 is 1. The number of imidazole rings is 1. The third kappa shape index (κ3) is 3.79. The number of nitrogens with one attached hydrogen (secondary N) is 4. The van der Waals surface area contributed by atoms with Gasteiger partial charge in [-0.15, -0.1) is 0 Å². The van der Waals surface area contributed by atoms with Crippen molar-refractivity contribution in [3.05, 3.63) is 48.5 Å². The number of rotatable bonds is 5. The minimum Gasteiger partial charge on any atom is -0.495 e. The number of hydrogen-bond acceptors (Lipinski definition) is 4. The lowest BCUT2D eigenvalue weighted by Gasteiger charge is -2.09. The molecule has 24 heavy (non-hydrogen) atoms. The molecule has 2 aromatic carbocycles. The molecule has 0 unspecified atom stereocenters. The Morgan fingerprint density at radius 2 is 2.00 bits per heavy atom. The topological polar surface area (TPSA) is 86.4 Å². The standard InChI is InChI=1S/C16H16N6OS/c1-23-14-9-5-4-8-13(14)21-16(24)17-10-18-22-15-19-11-6-2-3-7-12(11)20-15/h2-10H,1H3,(H2,19,20,22)(H2,17,18,21,24). The second-order valence-corrected chi connectivity index (χ2v) is 5.15. The van der Waals surface area contributed by atoms with Crippen molar-refractivity contribution in [2.75, 3.05) is 17.9 Å². The molecule has 0 aliphatic rings. The van der Waals surface area contributed by atoms with Gasteiger partial charge in [0.15, 0.2) is 5.11 Å². The number of aliphatic imine (C=N–C) groups is 1. The highest BCUT2D eigenvalue weighted by Crippen LogP contribution is 2.22. The summed E-state index contributed by atoms with van der Waals surface area (Å²) in [6.45, 7) is 0. The van der Waals surface area contributed by atoms with E-state index in [1.165, 1.54) is 6.34 Å². The first-order valence-corrected chi connectivity index (χ1v) is 7.60. The molecule has 7 nitrogen and oxygen atoms in total. The van der Waals surface area contributed by atoms with Gasteiger partial charge < -0.3 is 15.0 Å². The van der Waals surface area contributed by atoms with E-state index in [0.29, 0.717) is 16.8 Å². The number of fused-ring (bicyclic) bond motifs is 1. The molecular weight excluding hydrogens is 324 g/mol. The van der Waals surface area contributed by atoms with Crippen molar-refractivity contribution >= 4 is 46.3 Å². The second-order valence-electron chi connectivity index (χ2n) is 4.76. The maximum atomic E-state index is 5.24. The van der Waals surface area contributed by atoms with E-state index in [1.807, 2.05) is 48.5 Å². The first-order chi connectivity index (χ1) is 11.8. The van der Waals surface area contributed by atoms with Gasteiger partial charge in [0, 0.05) is 0 Å². The number of nitrogens with zero attached hydrogens (tertiary/aromatic N) is 2. The van der Waals surface area contributed by atoms with Gasteiger partial charge in [0.25, 0.3) is 0 Å². The van der Waals surface area contributed by atoms with Gasteiger partial charge in [-0.25, -0.2) is 9.98 Å².